The maximum atomic E-state index is 12.6. The number of hydrogen-bond acceptors (Lipinski definition) is 5. The van der Waals surface area contributed by atoms with E-state index < -0.39 is 22.0 Å². The van der Waals surface area contributed by atoms with E-state index in [0.717, 1.165) is 0 Å². The van der Waals surface area contributed by atoms with E-state index in [1.165, 1.54) is 4.90 Å². The number of hydrogen-bond donors (Lipinski definition) is 0. The zero-order chi connectivity index (χ0) is 15.9. The van der Waals surface area contributed by atoms with Gasteiger partial charge in [-0.15, -0.1) is 0 Å². The fraction of sp³-hybridized carbons (Fsp3) is 0.533. The molecule has 0 saturated carbocycles. The zero-order valence-corrected chi connectivity index (χ0v) is 13.4. The van der Waals surface area contributed by atoms with Gasteiger partial charge in [0.1, 0.15) is 6.10 Å². The van der Waals surface area contributed by atoms with Crippen molar-refractivity contribution in [2.45, 2.75) is 31.6 Å². The van der Waals surface area contributed by atoms with E-state index in [9.17, 15) is 13.2 Å². The van der Waals surface area contributed by atoms with Gasteiger partial charge in [-0.05, 0) is 25.5 Å². The topological polar surface area (TPSA) is 72.9 Å². The summed E-state index contributed by atoms with van der Waals surface area (Å²) in [5, 5.41) is 0. The molecule has 1 aromatic carbocycles. The summed E-state index contributed by atoms with van der Waals surface area (Å²) in [5.74, 6) is 1.06. The summed E-state index contributed by atoms with van der Waals surface area (Å²) in [4.78, 5) is 14.1. The van der Waals surface area contributed by atoms with Gasteiger partial charge in [0.05, 0.1) is 11.5 Å². The van der Waals surface area contributed by atoms with Gasteiger partial charge in [-0.2, -0.15) is 0 Å². The average Bonchev–Trinajstić information content (AvgIpc) is 2.85. The Balaban J connectivity index is 1.75. The lowest BCUT2D eigenvalue weighted by Crippen LogP contribution is -2.52. The molecule has 120 valence electrons. The zero-order valence-electron chi connectivity index (χ0n) is 12.6. The van der Waals surface area contributed by atoms with E-state index >= 15 is 0 Å². The minimum absolute atomic E-state index is 0.0216. The maximum absolute atomic E-state index is 12.6. The molecule has 1 amide bonds. The molecule has 2 aliphatic heterocycles. The van der Waals surface area contributed by atoms with Crippen LogP contribution in [0.15, 0.2) is 24.3 Å². The summed E-state index contributed by atoms with van der Waals surface area (Å²) in [6.45, 7) is 1.78. The Labute approximate surface area is 129 Å². The Morgan fingerprint density at radius 3 is 2.45 bits per heavy atom. The van der Waals surface area contributed by atoms with E-state index in [2.05, 4.69) is 0 Å². The van der Waals surface area contributed by atoms with Crippen LogP contribution in [0.3, 0.4) is 0 Å². The molecular formula is C15H19NO5S. The lowest BCUT2D eigenvalue weighted by Gasteiger charge is -2.34. The van der Waals surface area contributed by atoms with Crippen molar-refractivity contribution in [2.24, 2.45) is 0 Å². The normalized spacial score (nSPS) is 29.1. The fourth-order valence-corrected chi connectivity index (χ4v) is 4.63. The van der Waals surface area contributed by atoms with Crippen molar-refractivity contribution in [3.63, 3.8) is 0 Å². The van der Waals surface area contributed by atoms with Gasteiger partial charge in [0.2, 0.25) is 6.10 Å². The second kappa shape index (κ2) is 5.46. The SMILES string of the molecule is C[C@@H]1Oc2ccccc2O[C@H]1C(=O)N(C)[C@H]1CCS(=O)(=O)C1. The van der Waals surface area contributed by atoms with Crippen LogP contribution in [-0.4, -0.2) is 56.0 Å². The summed E-state index contributed by atoms with van der Waals surface area (Å²) in [6, 6.07) is 6.91. The minimum Gasteiger partial charge on any atom is -0.482 e. The number of rotatable bonds is 2. The van der Waals surface area contributed by atoms with Crippen LogP contribution in [0.1, 0.15) is 13.3 Å². The molecule has 2 heterocycles. The summed E-state index contributed by atoms with van der Waals surface area (Å²) in [6.07, 6.45) is -0.714. The van der Waals surface area contributed by atoms with Crippen molar-refractivity contribution in [1.82, 2.24) is 4.90 Å². The molecule has 0 spiro atoms. The van der Waals surface area contributed by atoms with Crippen molar-refractivity contribution in [3.05, 3.63) is 24.3 Å². The smallest absolute Gasteiger partial charge is 0.267 e. The lowest BCUT2D eigenvalue weighted by atomic mass is 10.1. The van der Waals surface area contributed by atoms with E-state index in [0.29, 0.717) is 17.9 Å². The molecule has 0 unspecified atom stereocenters. The fourth-order valence-electron chi connectivity index (χ4n) is 2.85. The number of para-hydroxylation sites is 2. The largest absolute Gasteiger partial charge is 0.482 e. The number of amides is 1. The van der Waals surface area contributed by atoms with Crippen LogP contribution in [0, 0.1) is 0 Å². The minimum atomic E-state index is -3.03. The van der Waals surface area contributed by atoms with E-state index in [4.69, 9.17) is 9.47 Å². The Morgan fingerprint density at radius 1 is 1.23 bits per heavy atom. The van der Waals surface area contributed by atoms with Gasteiger partial charge in [-0.3, -0.25) is 4.79 Å². The van der Waals surface area contributed by atoms with Crippen molar-refractivity contribution in [1.29, 1.82) is 0 Å². The molecule has 0 aromatic heterocycles. The third kappa shape index (κ3) is 2.77. The van der Waals surface area contributed by atoms with Gasteiger partial charge in [0, 0.05) is 13.1 Å². The van der Waals surface area contributed by atoms with Gasteiger partial charge in [0.25, 0.3) is 5.91 Å². The van der Waals surface area contributed by atoms with Crippen LogP contribution < -0.4 is 9.47 Å². The van der Waals surface area contributed by atoms with Crippen LogP contribution in [0.2, 0.25) is 0 Å². The number of fused-ring (bicyclic) bond motifs is 1. The average molecular weight is 325 g/mol. The Morgan fingerprint density at radius 2 is 1.86 bits per heavy atom. The number of carbonyl (C=O) groups excluding carboxylic acids is 1. The van der Waals surface area contributed by atoms with Gasteiger partial charge in [0.15, 0.2) is 21.3 Å². The van der Waals surface area contributed by atoms with Crippen LogP contribution in [-0.2, 0) is 14.6 Å². The van der Waals surface area contributed by atoms with E-state index in [1.54, 1.807) is 26.1 Å². The number of sulfone groups is 1. The summed E-state index contributed by atoms with van der Waals surface area (Å²) in [7, 11) is -1.40. The highest BCUT2D eigenvalue weighted by atomic mass is 32.2. The summed E-state index contributed by atoms with van der Waals surface area (Å²) < 4.78 is 34.7. The number of ether oxygens (including phenoxy) is 2. The second-order valence-electron chi connectivity index (χ2n) is 5.81. The molecule has 3 rings (SSSR count). The van der Waals surface area contributed by atoms with Gasteiger partial charge in [-0.1, -0.05) is 12.1 Å². The van der Waals surface area contributed by atoms with Crippen molar-refractivity contribution in [3.8, 4) is 11.5 Å². The third-order valence-corrected chi connectivity index (χ3v) is 5.94. The van der Waals surface area contributed by atoms with Crippen molar-refractivity contribution < 1.29 is 22.7 Å². The van der Waals surface area contributed by atoms with Gasteiger partial charge < -0.3 is 14.4 Å². The van der Waals surface area contributed by atoms with Crippen LogP contribution in [0.5, 0.6) is 11.5 Å². The molecule has 6 nitrogen and oxygen atoms in total. The molecule has 0 N–H and O–H groups in total. The molecule has 7 heteroatoms. The number of likely N-dealkylation sites (N-methyl/N-ethyl adjacent to an activating group) is 1. The standard InChI is InChI=1S/C15H19NO5S/c1-10-14(21-13-6-4-3-5-12(13)20-10)15(17)16(2)11-7-8-22(18,19)9-11/h3-6,10-11,14H,7-9H2,1-2H3/t10-,11-,14+/m0/s1. The first kappa shape index (κ1) is 15.1. The molecule has 0 aliphatic carbocycles. The predicted octanol–water partition coefficient (Wildman–Crippen LogP) is 0.860. The Bertz CT molecular complexity index is 687. The van der Waals surface area contributed by atoms with Crippen molar-refractivity contribution in [2.75, 3.05) is 18.6 Å². The summed E-state index contributed by atoms with van der Waals surface area (Å²) in [5.41, 5.74) is 0. The van der Waals surface area contributed by atoms with Crippen LogP contribution >= 0.6 is 0 Å². The number of benzene rings is 1. The third-order valence-electron chi connectivity index (χ3n) is 4.19. The van der Waals surface area contributed by atoms with Crippen molar-refractivity contribution >= 4 is 15.7 Å². The van der Waals surface area contributed by atoms with Gasteiger partial charge >= 0.3 is 0 Å². The Hall–Kier alpha value is -1.76. The molecule has 0 radical (unpaired) electrons. The maximum Gasteiger partial charge on any atom is 0.267 e. The first-order valence-corrected chi connectivity index (χ1v) is 9.09. The monoisotopic (exact) mass is 325 g/mol. The van der Waals surface area contributed by atoms with E-state index in [1.807, 2.05) is 12.1 Å². The van der Waals surface area contributed by atoms with Gasteiger partial charge in [-0.25, -0.2) is 8.42 Å². The second-order valence-corrected chi connectivity index (χ2v) is 8.04. The molecule has 1 fully saturated rings. The summed E-state index contributed by atoms with van der Waals surface area (Å²) >= 11 is 0. The van der Waals surface area contributed by atoms with Crippen LogP contribution in [0.25, 0.3) is 0 Å². The molecular weight excluding hydrogens is 306 g/mol. The number of carbonyl (C=O) groups is 1. The molecule has 3 atom stereocenters. The number of nitrogens with zero attached hydrogens (tertiary/aromatic N) is 1. The first-order valence-electron chi connectivity index (χ1n) is 7.27. The molecule has 2 aliphatic rings. The molecule has 22 heavy (non-hydrogen) atoms. The lowest BCUT2D eigenvalue weighted by molar-refractivity contribution is -0.144. The molecule has 1 saturated heterocycles. The highest BCUT2D eigenvalue weighted by Gasteiger charge is 2.40. The predicted molar refractivity (Wildman–Crippen MR) is 80.8 cm³/mol. The Kier molecular flexibility index (Phi) is 3.76. The highest BCUT2D eigenvalue weighted by molar-refractivity contribution is 7.91. The van der Waals surface area contributed by atoms with E-state index in [-0.39, 0.29) is 23.5 Å². The van der Waals surface area contributed by atoms with Crippen LogP contribution in [0.4, 0.5) is 0 Å². The molecule has 0 bridgehead atoms. The molecule has 1 aromatic rings. The first-order chi connectivity index (χ1) is 10.4. The highest BCUT2D eigenvalue weighted by Crippen LogP contribution is 2.34. The quantitative estimate of drug-likeness (QED) is 0.806.